The van der Waals surface area contributed by atoms with E-state index in [0.29, 0.717) is 23.7 Å². The summed E-state index contributed by atoms with van der Waals surface area (Å²) < 4.78 is 16.3. The summed E-state index contributed by atoms with van der Waals surface area (Å²) in [5.41, 5.74) is 7.26. The van der Waals surface area contributed by atoms with Gasteiger partial charge in [-0.2, -0.15) is 0 Å². The zero-order valence-electron chi connectivity index (χ0n) is 9.66. The van der Waals surface area contributed by atoms with Crippen LogP contribution in [0.4, 0.5) is 11.4 Å². The van der Waals surface area contributed by atoms with Gasteiger partial charge in [0.05, 0.1) is 7.11 Å². The van der Waals surface area contributed by atoms with Crippen LogP contribution in [0, 0.1) is 0 Å². The maximum absolute atomic E-state index is 11.2. The molecule has 0 radical (unpaired) electrons. The molecule has 3 N–H and O–H groups in total. The van der Waals surface area contributed by atoms with Crippen LogP contribution in [0.1, 0.15) is 6.92 Å². The number of anilines is 2. The molecule has 16 heavy (non-hydrogen) atoms. The van der Waals surface area contributed by atoms with E-state index in [1.807, 2.05) is 19.1 Å². The van der Waals surface area contributed by atoms with Crippen molar-refractivity contribution in [2.45, 2.75) is 6.92 Å². The smallest absolute Gasteiger partial charge is 0.122 e. The van der Waals surface area contributed by atoms with Gasteiger partial charge < -0.3 is 15.8 Å². The second-order valence-corrected chi connectivity index (χ2v) is 5.22. The van der Waals surface area contributed by atoms with Crippen LogP contribution in [-0.4, -0.2) is 29.4 Å². The largest absolute Gasteiger partial charge is 0.497 e. The maximum atomic E-state index is 11.2. The molecule has 90 valence electrons. The van der Waals surface area contributed by atoms with Gasteiger partial charge in [-0.3, -0.25) is 4.21 Å². The van der Waals surface area contributed by atoms with Crippen LogP contribution >= 0.6 is 0 Å². The molecular weight excluding hydrogens is 224 g/mol. The van der Waals surface area contributed by atoms with E-state index in [1.165, 1.54) is 0 Å². The topological polar surface area (TPSA) is 64.4 Å². The fraction of sp³-hybridized carbons (Fsp3) is 0.455. The Kier molecular flexibility index (Phi) is 5.11. The molecule has 0 spiro atoms. The Morgan fingerprint density at radius 1 is 1.44 bits per heavy atom. The lowest BCUT2D eigenvalue weighted by Crippen LogP contribution is -2.12. The third kappa shape index (κ3) is 4.10. The van der Waals surface area contributed by atoms with Crippen LogP contribution in [0.15, 0.2) is 18.2 Å². The van der Waals surface area contributed by atoms with Gasteiger partial charge in [-0.15, -0.1) is 0 Å². The predicted molar refractivity (Wildman–Crippen MR) is 69.4 cm³/mol. The van der Waals surface area contributed by atoms with Crippen molar-refractivity contribution in [2.24, 2.45) is 0 Å². The molecule has 1 unspecified atom stereocenters. The van der Waals surface area contributed by atoms with E-state index in [0.717, 1.165) is 11.4 Å². The second kappa shape index (κ2) is 6.37. The Balaban J connectivity index is 2.53. The minimum absolute atomic E-state index is 0.646. The second-order valence-electron chi connectivity index (χ2n) is 3.35. The first-order valence-corrected chi connectivity index (χ1v) is 6.68. The van der Waals surface area contributed by atoms with E-state index in [9.17, 15) is 4.21 Å². The summed E-state index contributed by atoms with van der Waals surface area (Å²) in [6.07, 6.45) is 0. The van der Waals surface area contributed by atoms with Gasteiger partial charge in [0.15, 0.2) is 0 Å². The van der Waals surface area contributed by atoms with Crippen molar-refractivity contribution in [3.8, 4) is 5.75 Å². The summed E-state index contributed by atoms with van der Waals surface area (Å²) in [5.74, 6) is 2.06. The third-order valence-corrected chi connectivity index (χ3v) is 3.45. The Morgan fingerprint density at radius 3 is 2.81 bits per heavy atom. The summed E-state index contributed by atoms with van der Waals surface area (Å²) in [6, 6.07) is 5.46. The highest BCUT2D eigenvalue weighted by Gasteiger charge is 2.00. The van der Waals surface area contributed by atoms with E-state index < -0.39 is 10.8 Å². The zero-order chi connectivity index (χ0) is 12.0. The first-order chi connectivity index (χ1) is 7.65. The number of benzene rings is 1. The van der Waals surface area contributed by atoms with Crippen LogP contribution in [0.2, 0.25) is 0 Å². The number of methoxy groups -OCH3 is 1. The Labute approximate surface area is 98.6 Å². The molecule has 1 aromatic carbocycles. The number of nitrogens with two attached hydrogens (primary N) is 1. The Hall–Kier alpha value is -1.23. The third-order valence-electron chi connectivity index (χ3n) is 2.15. The van der Waals surface area contributed by atoms with Gasteiger partial charge in [-0.1, -0.05) is 6.92 Å². The first kappa shape index (κ1) is 12.8. The van der Waals surface area contributed by atoms with Gasteiger partial charge in [0.25, 0.3) is 0 Å². The fourth-order valence-corrected chi connectivity index (χ4v) is 1.91. The Morgan fingerprint density at radius 2 is 2.19 bits per heavy atom. The number of hydrogen-bond donors (Lipinski definition) is 2. The number of rotatable bonds is 6. The Bertz CT molecular complexity index is 369. The quantitative estimate of drug-likeness (QED) is 0.741. The highest BCUT2D eigenvalue weighted by molar-refractivity contribution is 7.84. The van der Waals surface area contributed by atoms with Crippen LogP contribution in [-0.2, 0) is 10.8 Å². The van der Waals surface area contributed by atoms with Crippen molar-refractivity contribution in [1.82, 2.24) is 0 Å². The van der Waals surface area contributed by atoms with Crippen molar-refractivity contribution in [2.75, 3.05) is 36.2 Å². The van der Waals surface area contributed by atoms with Crippen LogP contribution in [0.3, 0.4) is 0 Å². The van der Waals surface area contributed by atoms with E-state index in [1.54, 1.807) is 13.2 Å². The van der Waals surface area contributed by atoms with Crippen LogP contribution < -0.4 is 15.8 Å². The van der Waals surface area contributed by atoms with Gasteiger partial charge in [-0.25, -0.2) is 0 Å². The zero-order valence-corrected chi connectivity index (χ0v) is 10.5. The maximum Gasteiger partial charge on any atom is 0.122 e. The summed E-state index contributed by atoms with van der Waals surface area (Å²) in [4.78, 5) is 0. The molecule has 0 aromatic heterocycles. The SMILES string of the molecule is CCS(=O)CCNc1cc(N)cc(OC)c1. The minimum atomic E-state index is -0.738. The first-order valence-electron chi connectivity index (χ1n) is 5.19. The molecule has 0 fully saturated rings. The molecule has 1 rings (SSSR count). The summed E-state index contributed by atoms with van der Waals surface area (Å²) in [7, 11) is 0.864. The molecule has 0 aliphatic heterocycles. The number of ether oxygens (including phenoxy) is 1. The molecular formula is C11H18N2O2S. The van der Waals surface area contributed by atoms with E-state index in [2.05, 4.69) is 5.32 Å². The molecule has 0 saturated heterocycles. The molecule has 0 aliphatic rings. The van der Waals surface area contributed by atoms with Gasteiger partial charge in [0.2, 0.25) is 0 Å². The molecule has 1 atom stereocenters. The average Bonchev–Trinajstić information content (AvgIpc) is 2.28. The summed E-state index contributed by atoms with van der Waals surface area (Å²) in [6.45, 7) is 2.59. The molecule has 0 bridgehead atoms. The van der Waals surface area contributed by atoms with E-state index in [4.69, 9.17) is 10.5 Å². The monoisotopic (exact) mass is 242 g/mol. The lowest BCUT2D eigenvalue weighted by molar-refractivity contribution is 0.415. The highest BCUT2D eigenvalue weighted by atomic mass is 32.2. The van der Waals surface area contributed by atoms with Crippen molar-refractivity contribution >= 4 is 22.2 Å². The van der Waals surface area contributed by atoms with Crippen molar-refractivity contribution < 1.29 is 8.95 Å². The van der Waals surface area contributed by atoms with E-state index >= 15 is 0 Å². The van der Waals surface area contributed by atoms with Crippen LogP contribution in [0.5, 0.6) is 5.75 Å². The average molecular weight is 242 g/mol. The van der Waals surface area contributed by atoms with E-state index in [-0.39, 0.29) is 0 Å². The number of hydrogen-bond acceptors (Lipinski definition) is 4. The van der Waals surface area contributed by atoms with Crippen molar-refractivity contribution in [3.63, 3.8) is 0 Å². The molecule has 0 heterocycles. The van der Waals surface area contributed by atoms with Gasteiger partial charge in [0, 0.05) is 52.4 Å². The van der Waals surface area contributed by atoms with Crippen molar-refractivity contribution in [3.05, 3.63) is 18.2 Å². The van der Waals surface area contributed by atoms with Gasteiger partial charge >= 0.3 is 0 Å². The molecule has 0 aliphatic carbocycles. The summed E-state index contributed by atoms with van der Waals surface area (Å²) >= 11 is 0. The molecule has 0 saturated carbocycles. The summed E-state index contributed by atoms with van der Waals surface area (Å²) in [5, 5.41) is 3.17. The highest BCUT2D eigenvalue weighted by Crippen LogP contribution is 2.21. The minimum Gasteiger partial charge on any atom is -0.497 e. The number of nitrogens with one attached hydrogen (secondary N) is 1. The standard InChI is InChI=1S/C11H18N2O2S/c1-3-16(14)5-4-13-10-6-9(12)7-11(8-10)15-2/h6-8,13H,3-5,12H2,1-2H3. The van der Waals surface area contributed by atoms with Crippen LogP contribution in [0.25, 0.3) is 0 Å². The van der Waals surface area contributed by atoms with Gasteiger partial charge in [-0.05, 0) is 6.07 Å². The predicted octanol–water partition coefficient (Wildman–Crippen LogP) is 1.46. The molecule has 5 heteroatoms. The van der Waals surface area contributed by atoms with Crippen molar-refractivity contribution in [1.29, 1.82) is 0 Å². The molecule has 4 nitrogen and oxygen atoms in total. The fourth-order valence-electron chi connectivity index (χ4n) is 1.30. The normalized spacial score (nSPS) is 12.1. The lowest BCUT2D eigenvalue weighted by atomic mass is 10.2. The van der Waals surface area contributed by atoms with Gasteiger partial charge in [0.1, 0.15) is 5.75 Å². The molecule has 1 aromatic rings. The lowest BCUT2D eigenvalue weighted by Gasteiger charge is -2.09. The number of nitrogen functional groups attached to an aromatic ring is 1. The molecule has 0 amide bonds.